The molecule has 0 fully saturated rings. The first-order valence-electron chi connectivity index (χ1n) is 8.63. The molecule has 0 saturated heterocycles. The van der Waals surface area contributed by atoms with Gasteiger partial charge in [0.05, 0.1) is 0 Å². The number of nitrogens with one attached hydrogen (secondary N) is 1. The van der Waals surface area contributed by atoms with Gasteiger partial charge in [0.1, 0.15) is 23.6 Å². The zero-order valence-electron chi connectivity index (χ0n) is 15.4. The van der Waals surface area contributed by atoms with Crippen LogP contribution in [0.1, 0.15) is 11.1 Å². The first-order valence-corrected chi connectivity index (χ1v) is 8.63. The molecule has 1 N–H and O–H groups in total. The van der Waals surface area contributed by atoms with Crippen LogP contribution in [0.15, 0.2) is 71.7 Å². The second-order valence-corrected chi connectivity index (χ2v) is 6.34. The number of amides is 1. The number of nitrogens with zero attached hydrogens (tertiary/aromatic N) is 1. The molecule has 0 saturated carbocycles. The number of pyridine rings is 1. The maximum atomic E-state index is 12.8. The minimum atomic E-state index is -4.77. The summed E-state index contributed by atoms with van der Waals surface area (Å²) in [5.41, 5.74) is -1.05. The van der Waals surface area contributed by atoms with Crippen LogP contribution in [0.5, 0.6) is 11.5 Å². The number of rotatable bonds is 5. The first kappa shape index (κ1) is 20.2. The van der Waals surface area contributed by atoms with Crippen LogP contribution in [0.4, 0.5) is 18.9 Å². The highest BCUT2D eigenvalue weighted by Gasteiger charge is 2.34. The molecule has 0 atom stereocenters. The van der Waals surface area contributed by atoms with Gasteiger partial charge in [-0.3, -0.25) is 9.59 Å². The molecule has 5 nitrogen and oxygen atoms in total. The van der Waals surface area contributed by atoms with E-state index in [1.165, 1.54) is 0 Å². The number of aryl methyl sites for hydroxylation is 1. The highest BCUT2D eigenvalue weighted by atomic mass is 19.4. The van der Waals surface area contributed by atoms with Crippen LogP contribution in [-0.4, -0.2) is 10.5 Å². The van der Waals surface area contributed by atoms with Crippen LogP contribution in [0.25, 0.3) is 0 Å². The van der Waals surface area contributed by atoms with E-state index in [1.807, 2.05) is 31.2 Å². The molecule has 0 spiro atoms. The fourth-order valence-corrected chi connectivity index (χ4v) is 2.58. The lowest BCUT2D eigenvalue weighted by Crippen LogP contribution is -2.31. The summed E-state index contributed by atoms with van der Waals surface area (Å²) < 4.78 is 44.8. The van der Waals surface area contributed by atoms with Crippen molar-refractivity contribution in [2.45, 2.75) is 19.6 Å². The molecular formula is C21H17F3N2O3. The SMILES string of the molecule is Cc1ccc(Oc2ccc(NC(=O)Cn3cccc(C(F)(F)F)c3=O)cc2)cc1. The van der Waals surface area contributed by atoms with Crippen LogP contribution in [0.2, 0.25) is 0 Å². The zero-order valence-corrected chi connectivity index (χ0v) is 15.4. The quantitative estimate of drug-likeness (QED) is 0.678. The molecule has 1 aromatic heterocycles. The Hall–Kier alpha value is -3.55. The van der Waals surface area contributed by atoms with Gasteiger partial charge in [0.15, 0.2) is 0 Å². The molecule has 8 heteroatoms. The Bertz CT molecular complexity index is 1060. The van der Waals surface area contributed by atoms with Crippen molar-refractivity contribution in [3.63, 3.8) is 0 Å². The van der Waals surface area contributed by atoms with Gasteiger partial charge >= 0.3 is 6.18 Å². The standard InChI is InChI=1S/C21H17F3N2O3/c1-14-4-8-16(9-5-14)29-17-10-6-15(7-11-17)25-19(27)13-26-12-2-3-18(20(26)28)21(22,23)24/h2-12H,13H2,1H3,(H,25,27). The van der Waals surface area contributed by atoms with Gasteiger partial charge in [0.2, 0.25) is 5.91 Å². The van der Waals surface area contributed by atoms with Crippen LogP contribution >= 0.6 is 0 Å². The Kier molecular flexibility index (Phi) is 5.72. The van der Waals surface area contributed by atoms with Gasteiger partial charge in [-0.15, -0.1) is 0 Å². The number of carbonyl (C=O) groups is 1. The molecular weight excluding hydrogens is 385 g/mol. The molecule has 3 rings (SSSR count). The average Bonchev–Trinajstić information content (AvgIpc) is 2.66. The zero-order chi connectivity index (χ0) is 21.0. The normalized spacial score (nSPS) is 11.2. The van der Waals surface area contributed by atoms with Crippen molar-refractivity contribution in [1.82, 2.24) is 4.57 Å². The minimum absolute atomic E-state index is 0.422. The second-order valence-electron chi connectivity index (χ2n) is 6.34. The molecule has 150 valence electrons. The van der Waals surface area contributed by atoms with Crippen molar-refractivity contribution >= 4 is 11.6 Å². The van der Waals surface area contributed by atoms with Gasteiger partial charge < -0.3 is 14.6 Å². The van der Waals surface area contributed by atoms with Gasteiger partial charge in [0, 0.05) is 11.9 Å². The number of hydrogen-bond donors (Lipinski definition) is 1. The molecule has 0 unspecified atom stereocenters. The lowest BCUT2D eigenvalue weighted by Gasteiger charge is -2.11. The number of anilines is 1. The molecule has 0 bridgehead atoms. The van der Waals surface area contributed by atoms with Gasteiger partial charge in [-0.1, -0.05) is 17.7 Å². The van der Waals surface area contributed by atoms with Gasteiger partial charge in [-0.05, 0) is 55.5 Å². The minimum Gasteiger partial charge on any atom is -0.457 e. The Balaban J connectivity index is 1.64. The van der Waals surface area contributed by atoms with Crippen molar-refractivity contribution in [3.05, 3.63) is 88.3 Å². The topological polar surface area (TPSA) is 60.3 Å². The summed E-state index contributed by atoms with van der Waals surface area (Å²) >= 11 is 0. The number of alkyl halides is 3. The third kappa shape index (κ3) is 5.25. The summed E-state index contributed by atoms with van der Waals surface area (Å²) in [6.45, 7) is 1.43. The van der Waals surface area contributed by atoms with Gasteiger partial charge in [-0.2, -0.15) is 13.2 Å². The van der Waals surface area contributed by atoms with Crippen molar-refractivity contribution in [1.29, 1.82) is 0 Å². The predicted octanol–water partition coefficient (Wildman–Crippen LogP) is 4.61. The first-order chi connectivity index (χ1) is 13.7. The number of ether oxygens (including phenoxy) is 1. The molecule has 29 heavy (non-hydrogen) atoms. The number of benzene rings is 2. The monoisotopic (exact) mass is 402 g/mol. The van der Waals surface area contributed by atoms with Gasteiger partial charge in [-0.25, -0.2) is 0 Å². The van der Waals surface area contributed by atoms with E-state index in [-0.39, 0.29) is 0 Å². The van der Waals surface area contributed by atoms with Crippen LogP contribution in [0, 0.1) is 6.92 Å². The molecule has 0 radical (unpaired) electrons. The summed E-state index contributed by atoms with van der Waals surface area (Å²) in [5, 5.41) is 2.54. The Morgan fingerprint density at radius 1 is 1.00 bits per heavy atom. The summed E-state index contributed by atoms with van der Waals surface area (Å²) in [6, 6.07) is 15.7. The third-order valence-electron chi connectivity index (χ3n) is 4.03. The van der Waals surface area contributed by atoms with Crippen molar-refractivity contribution < 1.29 is 22.7 Å². The predicted molar refractivity (Wildman–Crippen MR) is 102 cm³/mol. The summed E-state index contributed by atoms with van der Waals surface area (Å²) in [4.78, 5) is 24.0. The van der Waals surface area contributed by atoms with E-state index < -0.39 is 29.8 Å². The second kappa shape index (κ2) is 8.22. The van der Waals surface area contributed by atoms with E-state index in [1.54, 1.807) is 24.3 Å². The molecule has 0 aliphatic heterocycles. The largest absolute Gasteiger partial charge is 0.457 e. The van der Waals surface area contributed by atoms with E-state index in [2.05, 4.69) is 5.32 Å². The Labute approximate surface area is 164 Å². The fraction of sp³-hybridized carbons (Fsp3) is 0.143. The molecule has 3 aromatic rings. The highest BCUT2D eigenvalue weighted by Crippen LogP contribution is 2.26. The molecule has 0 aliphatic rings. The van der Waals surface area contributed by atoms with Crippen LogP contribution in [-0.2, 0) is 17.5 Å². The third-order valence-corrected chi connectivity index (χ3v) is 4.03. The maximum absolute atomic E-state index is 12.8. The van der Waals surface area contributed by atoms with E-state index in [4.69, 9.17) is 4.74 Å². The van der Waals surface area contributed by atoms with E-state index in [9.17, 15) is 22.8 Å². The van der Waals surface area contributed by atoms with Crippen LogP contribution in [0.3, 0.4) is 0 Å². The van der Waals surface area contributed by atoms with Crippen LogP contribution < -0.4 is 15.6 Å². The lowest BCUT2D eigenvalue weighted by atomic mass is 10.2. The number of aromatic nitrogens is 1. The number of halogens is 3. The van der Waals surface area contributed by atoms with E-state index in [0.29, 0.717) is 27.8 Å². The Morgan fingerprint density at radius 3 is 2.17 bits per heavy atom. The molecule has 0 aliphatic carbocycles. The molecule has 1 amide bonds. The number of hydrogen-bond acceptors (Lipinski definition) is 3. The lowest BCUT2D eigenvalue weighted by molar-refractivity contribution is -0.139. The fourth-order valence-electron chi connectivity index (χ4n) is 2.58. The summed E-state index contributed by atoms with van der Waals surface area (Å²) in [7, 11) is 0. The van der Waals surface area contributed by atoms with E-state index in [0.717, 1.165) is 17.8 Å². The number of carbonyl (C=O) groups excluding carboxylic acids is 1. The molecule has 1 heterocycles. The van der Waals surface area contributed by atoms with Gasteiger partial charge in [0.25, 0.3) is 5.56 Å². The van der Waals surface area contributed by atoms with Crippen molar-refractivity contribution in [2.75, 3.05) is 5.32 Å². The average molecular weight is 402 g/mol. The van der Waals surface area contributed by atoms with Crippen molar-refractivity contribution in [2.24, 2.45) is 0 Å². The highest BCUT2D eigenvalue weighted by molar-refractivity contribution is 5.90. The van der Waals surface area contributed by atoms with Crippen molar-refractivity contribution in [3.8, 4) is 11.5 Å². The summed E-state index contributed by atoms with van der Waals surface area (Å²) in [5.74, 6) is 0.593. The molecule has 2 aromatic carbocycles. The maximum Gasteiger partial charge on any atom is 0.421 e. The summed E-state index contributed by atoms with van der Waals surface area (Å²) in [6.07, 6.45) is -3.64. The van der Waals surface area contributed by atoms with E-state index >= 15 is 0 Å². The smallest absolute Gasteiger partial charge is 0.421 e. The Morgan fingerprint density at radius 2 is 1.59 bits per heavy atom.